The molecule has 0 N–H and O–H groups in total. The maximum absolute atomic E-state index is 13.2. The molecule has 0 saturated carbocycles. The Morgan fingerprint density at radius 2 is 1.82 bits per heavy atom. The van der Waals surface area contributed by atoms with Gasteiger partial charge in [0.25, 0.3) is 0 Å². The molecule has 2 saturated heterocycles. The SMILES string of the molecule is O=C(CN1CCC(Oc2cccc(F)n2)C1)N1CCN(c2ccccc2)CC1. The number of hydrogen-bond donors (Lipinski definition) is 0. The predicted molar refractivity (Wildman–Crippen MR) is 105 cm³/mol. The number of anilines is 1. The molecule has 148 valence electrons. The van der Waals surface area contributed by atoms with E-state index in [1.807, 2.05) is 23.1 Å². The Balaban J connectivity index is 1.22. The zero-order valence-corrected chi connectivity index (χ0v) is 15.8. The molecule has 6 nitrogen and oxygen atoms in total. The molecule has 0 spiro atoms. The molecular formula is C21H25FN4O2. The summed E-state index contributed by atoms with van der Waals surface area (Å²) in [7, 11) is 0. The molecule has 1 amide bonds. The first kappa shape index (κ1) is 18.7. The number of piperazine rings is 1. The van der Waals surface area contributed by atoms with Crippen LogP contribution in [-0.2, 0) is 4.79 Å². The number of aromatic nitrogens is 1. The second kappa shape index (κ2) is 8.56. The summed E-state index contributed by atoms with van der Waals surface area (Å²) in [6.07, 6.45) is 0.754. The Morgan fingerprint density at radius 3 is 2.57 bits per heavy atom. The highest BCUT2D eigenvalue weighted by Crippen LogP contribution is 2.18. The summed E-state index contributed by atoms with van der Waals surface area (Å²) < 4.78 is 18.9. The lowest BCUT2D eigenvalue weighted by Crippen LogP contribution is -2.51. The minimum atomic E-state index is -0.544. The van der Waals surface area contributed by atoms with Gasteiger partial charge in [0.1, 0.15) is 6.10 Å². The summed E-state index contributed by atoms with van der Waals surface area (Å²) in [6, 6.07) is 14.8. The van der Waals surface area contributed by atoms with E-state index in [2.05, 4.69) is 26.9 Å². The fourth-order valence-electron chi connectivity index (χ4n) is 3.81. The van der Waals surface area contributed by atoms with E-state index < -0.39 is 5.95 Å². The third-order valence-electron chi connectivity index (χ3n) is 5.32. The monoisotopic (exact) mass is 384 g/mol. The topological polar surface area (TPSA) is 48.9 Å². The van der Waals surface area contributed by atoms with E-state index in [0.29, 0.717) is 19.0 Å². The second-order valence-electron chi connectivity index (χ2n) is 7.27. The summed E-state index contributed by atoms with van der Waals surface area (Å²) in [5, 5.41) is 0. The van der Waals surface area contributed by atoms with Gasteiger partial charge in [-0.1, -0.05) is 24.3 Å². The van der Waals surface area contributed by atoms with Crippen LogP contribution in [0.4, 0.5) is 10.1 Å². The van der Waals surface area contributed by atoms with Crippen molar-refractivity contribution >= 4 is 11.6 Å². The average Bonchev–Trinajstić information content (AvgIpc) is 3.15. The Morgan fingerprint density at radius 1 is 1.04 bits per heavy atom. The number of rotatable bonds is 5. The number of carbonyl (C=O) groups is 1. The van der Waals surface area contributed by atoms with Gasteiger partial charge in [-0.15, -0.1) is 0 Å². The van der Waals surface area contributed by atoms with Gasteiger partial charge in [0.05, 0.1) is 6.54 Å². The number of ether oxygens (including phenoxy) is 1. The zero-order valence-electron chi connectivity index (χ0n) is 15.8. The number of para-hydroxylation sites is 1. The molecule has 0 bridgehead atoms. The Hall–Kier alpha value is -2.67. The van der Waals surface area contributed by atoms with Crippen molar-refractivity contribution in [1.29, 1.82) is 0 Å². The van der Waals surface area contributed by atoms with Crippen molar-refractivity contribution in [3.8, 4) is 5.88 Å². The number of hydrogen-bond acceptors (Lipinski definition) is 5. The number of nitrogens with zero attached hydrogens (tertiary/aromatic N) is 4. The van der Waals surface area contributed by atoms with Crippen LogP contribution in [0.2, 0.25) is 0 Å². The van der Waals surface area contributed by atoms with Crippen molar-refractivity contribution in [3.63, 3.8) is 0 Å². The van der Waals surface area contributed by atoms with Gasteiger partial charge in [0.15, 0.2) is 0 Å². The van der Waals surface area contributed by atoms with Gasteiger partial charge in [-0.05, 0) is 24.6 Å². The van der Waals surface area contributed by atoms with Gasteiger partial charge < -0.3 is 14.5 Å². The summed E-state index contributed by atoms with van der Waals surface area (Å²) in [6.45, 7) is 5.06. The molecule has 7 heteroatoms. The minimum Gasteiger partial charge on any atom is -0.473 e. The van der Waals surface area contributed by atoms with E-state index >= 15 is 0 Å². The van der Waals surface area contributed by atoms with Crippen LogP contribution in [-0.4, -0.2) is 72.6 Å². The molecule has 0 aliphatic carbocycles. The summed E-state index contributed by atoms with van der Waals surface area (Å²) in [5.41, 5.74) is 1.21. The Kier molecular flexibility index (Phi) is 5.71. The standard InChI is InChI=1S/C21H25FN4O2/c22-19-7-4-8-20(23-19)28-18-9-10-24(15-18)16-21(27)26-13-11-25(12-14-26)17-5-2-1-3-6-17/h1-8,18H,9-16H2. The second-order valence-corrected chi connectivity index (χ2v) is 7.27. The van der Waals surface area contributed by atoms with E-state index in [9.17, 15) is 9.18 Å². The van der Waals surface area contributed by atoms with Crippen LogP contribution in [0.25, 0.3) is 0 Å². The van der Waals surface area contributed by atoms with E-state index in [0.717, 1.165) is 39.1 Å². The molecule has 2 aromatic rings. The van der Waals surface area contributed by atoms with E-state index in [4.69, 9.17) is 4.74 Å². The van der Waals surface area contributed by atoms with Crippen molar-refractivity contribution in [2.75, 3.05) is 50.7 Å². The first-order valence-electron chi connectivity index (χ1n) is 9.77. The van der Waals surface area contributed by atoms with Crippen LogP contribution in [0.3, 0.4) is 0 Å². The molecule has 1 unspecified atom stereocenters. The molecule has 1 aromatic heterocycles. The molecule has 0 radical (unpaired) electrons. The first-order chi connectivity index (χ1) is 13.7. The van der Waals surface area contributed by atoms with Crippen molar-refractivity contribution in [3.05, 3.63) is 54.5 Å². The molecule has 28 heavy (non-hydrogen) atoms. The predicted octanol–water partition coefficient (Wildman–Crippen LogP) is 2.02. The van der Waals surface area contributed by atoms with Crippen LogP contribution in [0.1, 0.15) is 6.42 Å². The normalized spacial score (nSPS) is 20.4. The number of amides is 1. The van der Waals surface area contributed by atoms with Crippen LogP contribution in [0, 0.1) is 5.95 Å². The fraction of sp³-hybridized carbons (Fsp3) is 0.429. The molecule has 2 aliphatic heterocycles. The molecular weight excluding hydrogens is 359 g/mol. The first-order valence-corrected chi connectivity index (χ1v) is 9.77. The van der Waals surface area contributed by atoms with Gasteiger partial charge in [0.2, 0.25) is 17.7 Å². The van der Waals surface area contributed by atoms with Gasteiger partial charge >= 0.3 is 0 Å². The lowest BCUT2D eigenvalue weighted by atomic mass is 10.2. The number of carbonyl (C=O) groups excluding carboxylic acids is 1. The van der Waals surface area contributed by atoms with Gasteiger partial charge in [0, 0.05) is 51.0 Å². The van der Waals surface area contributed by atoms with E-state index in [-0.39, 0.29) is 12.0 Å². The maximum atomic E-state index is 13.2. The molecule has 3 heterocycles. The summed E-state index contributed by atoms with van der Waals surface area (Å²) >= 11 is 0. The maximum Gasteiger partial charge on any atom is 0.236 e. The van der Waals surface area contributed by atoms with Crippen molar-refractivity contribution in [1.82, 2.24) is 14.8 Å². The molecule has 1 aromatic carbocycles. The lowest BCUT2D eigenvalue weighted by Gasteiger charge is -2.36. The van der Waals surface area contributed by atoms with Crippen molar-refractivity contribution < 1.29 is 13.9 Å². The van der Waals surface area contributed by atoms with Crippen LogP contribution >= 0.6 is 0 Å². The Bertz CT molecular complexity index is 796. The summed E-state index contributed by atoms with van der Waals surface area (Å²) in [4.78, 5) is 22.8. The number of benzene rings is 1. The number of halogens is 1. The molecule has 4 rings (SSSR count). The van der Waals surface area contributed by atoms with E-state index in [1.165, 1.54) is 11.8 Å². The van der Waals surface area contributed by atoms with E-state index in [1.54, 1.807) is 12.1 Å². The third kappa shape index (κ3) is 4.59. The van der Waals surface area contributed by atoms with Crippen molar-refractivity contribution in [2.24, 2.45) is 0 Å². The number of likely N-dealkylation sites (tertiary alicyclic amines) is 1. The van der Waals surface area contributed by atoms with Crippen LogP contribution < -0.4 is 9.64 Å². The molecule has 1 atom stereocenters. The lowest BCUT2D eigenvalue weighted by molar-refractivity contribution is -0.132. The van der Waals surface area contributed by atoms with Gasteiger partial charge in [-0.25, -0.2) is 0 Å². The van der Waals surface area contributed by atoms with Gasteiger partial charge in [-0.2, -0.15) is 9.37 Å². The highest BCUT2D eigenvalue weighted by Gasteiger charge is 2.28. The third-order valence-corrected chi connectivity index (χ3v) is 5.32. The summed E-state index contributed by atoms with van der Waals surface area (Å²) in [5.74, 6) is -0.0790. The largest absolute Gasteiger partial charge is 0.473 e. The highest BCUT2D eigenvalue weighted by atomic mass is 19.1. The highest BCUT2D eigenvalue weighted by molar-refractivity contribution is 5.78. The van der Waals surface area contributed by atoms with Crippen LogP contribution in [0.5, 0.6) is 5.88 Å². The average molecular weight is 384 g/mol. The van der Waals surface area contributed by atoms with Crippen LogP contribution in [0.15, 0.2) is 48.5 Å². The van der Waals surface area contributed by atoms with Crippen molar-refractivity contribution in [2.45, 2.75) is 12.5 Å². The van der Waals surface area contributed by atoms with Gasteiger partial charge in [-0.3, -0.25) is 9.69 Å². The minimum absolute atomic E-state index is 0.0583. The fourth-order valence-corrected chi connectivity index (χ4v) is 3.81. The smallest absolute Gasteiger partial charge is 0.236 e. The quantitative estimate of drug-likeness (QED) is 0.739. The molecule has 2 fully saturated rings. The zero-order chi connectivity index (χ0) is 19.3. The number of pyridine rings is 1. The molecule has 2 aliphatic rings. The Labute approximate surface area is 164 Å².